The van der Waals surface area contributed by atoms with Crippen molar-refractivity contribution in [2.45, 2.75) is 13.5 Å². The zero-order chi connectivity index (χ0) is 13.9. The molecule has 19 heavy (non-hydrogen) atoms. The van der Waals surface area contributed by atoms with Gasteiger partial charge in [-0.2, -0.15) is 0 Å². The zero-order valence-corrected chi connectivity index (χ0v) is 10.8. The van der Waals surface area contributed by atoms with Crippen molar-refractivity contribution in [1.82, 2.24) is 4.90 Å². The Morgan fingerprint density at radius 3 is 2.47 bits per heavy atom. The molecule has 1 aliphatic rings. The van der Waals surface area contributed by atoms with E-state index in [2.05, 4.69) is 0 Å². The molecule has 0 aromatic heterocycles. The van der Waals surface area contributed by atoms with Gasteiger partial charge in [0.25, 0.3) is 0 Å². The van der Waals surface area contributed by atoms with E-state index in [1.807, 2.05) is 30.3 Å². The number of carboxylic acids is 1. The molecule has 1 N–H and O–H groups in total. The van der Waals surface area contributed by atoms with Gasteiger partial charge in [0.15, 0.2) is 0 Å². The largest absolute Gasteiger partial charge is 0.481 e. The normalized spacial score (nSPS) is 16.8. The SMILES string of the molecule is CC(=O)N1CC(COCc2ccccc2)(C(=O)O)C1. The second kappa shape index (κ2) is 5.40. The highest BCUT2D eigenvalue weighted by atomic mass is 16.5. The Labute approximate surface area is 111 Å². The molecule has 5 heteroatoms. The van der Waals surface area contributed by atoms with E-state index in [4.69, 9.17) is 4.74 Å². The smallest absolute Gasteiger partial charge is 0.315 e. The van der Waals surface area contributed by atoms with Gasteiger partial charge in [-0.25, -0.2) is 0 Å². The topological polar surface area (TPSA) is 66.8 Å². The number of carbonyl (C=O) groups is 2. The van der Waals surface area contributed by atoms with Crippen LogP contribution in [0.3, 0.4) is 0 Å². The maximum absolute atomic E-state index is 11.3. The summed E-state index contributed by atoms with van der Waals surface area (Å²) in [6.07, 6.45) is 0. The van der Waals surface area contributed by atoms with Crippen molar-refractivity contribution in [3.63, 3.8) is 0 Å². The third-order valence-electron chi connectivity index (χ3n) is 3.38. The van der Waals surface area contributed by atoms with E-state index in [1.165, 1.54) is 11.8 Å². The number of amides is 1. The van der Waals surface area contributed by atoms with Crippen molar-refractivity contribution >= 4 is 11.9 Å². The number of nitrogens with zero attached hydrogens (tertiary/aromatic N) is 1. The standard InChI is InChI=1S/C14H17NO4/c1-11(16)15-8-14(9-15,13(17)18)10-19-7-12-5-3-2-4-6-12/h2-6H,7-10H2,1H3,(H,17,18). The lowest BCUT2D eigenvalue weighted by molar-refractivity contribution is -0.172. The summed E-state index contributed by atoms with van der Waals surface area (Å²) in [7, 11) is 0. The van der Waals surface area contributed by atoms with Crippen molar-refractivity contribution in [3.8, 4) is 0 Å². The lowest BCUT2D eigenvalue weighted by atomic mass is 9.80. The predicted octanol–water partition coefficient (Wildman–Crippen LogP) is 1.14. The van der Waals surface area contributed by atoms with Crippen LogP contribution in [0.2, 0.25) is 0 Å². The summed E-state index contributed by atoms with van der Waals surface area (Å²) >= 11 is 0. The molecule has 0 radical (unpaired) electrons. The Bertz CT molecular complexity index is 466. The van der Waals surface area contributed by atoms with Crippen LogP contribution < -0.4 is 0 Å². The van der Waals surface area contributed by atoms with Crippen molar-refractivity contribution in [2.75, 3.05) is 19.7 Å². The van der Waals surface area contributed by atoms with Gasteiger partial charge in [0, 0.05) is 20.0 Å². The molecule has 1 aromatic rings. The van der Waals surface area contributed by atoms with Gasteiger partial charge in [-0.3, -0.25) is 9.59 Å². The molecule has 1 amide bonds. The average Bonchev–Trinajstić information content (AvgIpc) is 2.32. The van der Waals surface area contributed by atoms with Crippen LogP contribution in [0.1, 0.15) is 12.5 Å². The predicted molar refractivity (Wildman–Crippen MR) is 68.4 cm³/mol. The number of rotatable bonds is 5. The van der Waals surface area contributed by atoms with Crippen LogP contribution in [0.25, 0.3) is 0 Å². The number of hydrogen-bond acceptors (Lipinski definition) is 3. The van der Waals surface area contributed by atoms with Crippen LogP contribution in [0, 0.1) is 5.41 Å². The molecular weight excluding hydrogens is 246 g/mol. The first kappa shape index (κ1) is 13.5. The fourth-order valence-electron chi connectivity index (χ4n) is 2.13. The van der Waals surface area contributed by atoms with E-state index in [0.29, 0.717) is 6.61 Å². The lowest BCUT2D eigenvalue weighted by Crippen LogP contribution is -2.63. The quantitative estimate of drug-likeness (QED) is 0.865. The molecule has 1 saturated heterocycles. The van der Waals surface area contributed by atoms with Gasteiger partial charge < -0.3 is 14.7 Å². The minimum Gasteiger partial charge on any atom is -0.481 e. The average molecular weight is 263 g/mol. The minimum absolute atomic E-state index is 0.0973. The maximum atomic E-state index is 11.3. The van der Waals surface area contributed by atoms with Gasteiger partial charge in [0.05, 0.1) is 13.2 Å². The molecular formula is C14H17NO4. The zero-order valence-electron chi connectivity index (χ0n) is 10.8. The monoisotopic (exact) mass is 263 g/mol. The molecule has 102 valence electrons. The van der Waals surface area contributed by atoms with Gasteiger partial charge in [0.1, 0.15) is 5.41 Å². The van der Waals surface area contributed by atoms with Crippen molar-refractivity contribution < 1.29 is 19.4 Å². The van der Waals surface area contributed by atoms with Crippen molar-refractivity contribution in [1.29, 1.82) is 0 Å². The fourth-order valence-corrected chi connectivity index (χ4v) is 2.13. The third kappa shape index (κ3) is 2.93. The van der Waals surface area contributed by atoms with Gasteiger partial charge >= 0.3 is 5.97 Å². The third-order valence-corrected chi connectivity index (χ3v) is 3.38. The van der Waals surface area contributed by atoms with Crippen LogP contribution in [0.15, 0.2) is 30.3 Å². The second-order valence-electron chi connectivity index (χ2n) is 4.94. The number of carboxylic acid groups (broad SMARTS) is 1. The summed E-state index contributed by atoms with van der Waals surface area (Å²) in [5, 5.41) is 9.26. The van der Waals surface area contributed by atoms with Gasteiger partial charge in [-0.1, -0.05) is 30.3 Å². The number of likely N-dealkylation sites (tertiary alicyclic amines) is 1. The summed E-state index contributed by atoms with van der Waals surface area (Å²) < 4.78 is 5.50. The molecule has 0 atom stereocenters. The van der Waals surface area contributed by atoms with E-state index >= 15 is 0 Å². The first-order chi connectivity index (χ1) is 9.03. The molecule has 1 aliphatic heterocycles. The Kier molecular flexibility index (Phi) is 3.85. The first-order valence-electron chi connectivity index (χ1n) is 6.14. The highest BCUT2D eigenvalue weighted by Crippen LogP contribution is 2.31. The molecule has 5 nitrogen and oxygen atoms in total. The maximum Gasteiger partial charge on any atom is 0.315 e. The number of aliphatic carboxylic acids is 1. The van der Waals surface area contributed by atoms with Gasteiger partial charge in [0.2, 0.25) is 5.91 Å². The highest BCUT2D eigenvalue weighted by Gasteiger charge is 2.50. The Hall–Kier alpha value is -1.88. The summed E-state index contributed by atoms with van der Waals surface area (Å²) in [4.78, 5) is 23.9. The number of ether oxygens (including phenoxy) is 1. The van der Waals surface area contributed by atoms with Crippen LogP contribution in [0.4, 0.5) is 0 Å². The van der Waals surface area contributed by atoms with Crippen LogP contribution >= 0.6 is 0 Å². The van der Waals surface area contributed by atoms with Gasteiger partial charge in [-0.15, -0.1) is 0 Å². The summed E-state index contributed by atoms with van der Waals surface area (Å²) in [5.74, 6) is -1.00. The Balaban J connectivity index is 1.86. The van der Waals surface area contributed by atoms with E-state index in [-0.39, 0.29) is 25.6 Å². The minimum atomic E-state index is -0.944. The molecule has 0 spiro atoms. The molecule has 2 rings (SSSR count). The number of hydrogen-bond donors (Lipinski definition) is 1. The fraction of sp³-hybridized carbons (Fsp3) is 0.429. The van der Waals surface area contributed by atoms with Crippen molar-refractivity contribution in [3.05, 3.63) is 35.9 Å². The summed E-state index contributed by atoms with van der Waals surface area (Å²) in [6.45, 7) is 2.41. The van der Waals surface area contributed by atoms with E-state index in [9.17, 15) is 14.7 Å². The molecule has 0 unspecified atom stereocenters. The first-order valence-corrected chi connectivity index (χ1v) is 6.14. The lowest BCUT2D eigenvalue weighted by Gasteiger charge is -2.46. The second-order valence-corrected chi connectivity index (χ2v) is 4.94. The Morgan fingerprint density at radius 2 is 1.95 bits per heavy atom. The van der Waals surface area contributed by atoms with Crippen LogP contribution in [-0.4, -0.2) is 41.6 Å². The summed E-state index contributed by atoms with van der Waals surface area (Å²) in [5.41, 5.74) is 0.0614. The highest BCUT2D eigenvalue weighted by molar-refractivity contribution is 5.82. The molecule has 0 aliphatic carbocycles. The van der Waals surface area contributed by atoms with Gasteiger partial charge in [-0.05, 0) is 5.56 Å². The molecule has 1 fully saturated rings. The Morgan fingerprint density at radius 1 is 1.32 bits per heavy atom. The number of carbonyl (C=O) groups excluding carboxylic acids is 1. The molecule has 0 saturated carbocycles. The number of benzene rings is 1. The van der Waals surface area contributed by atoms with Crippen molar-refractivity contribution in [2.24, 2.45) is 5.41 Å². The van der Waals surface area contributed by atoms with E-state index < -0.39 is 11.4 Å². The molecule has 1 heterocycles. The van der Waals surface area contributed by atoms with Crippen LogP contribution in [0.5, 0.6) is 0 Å². The van der Waals surface area contributed by atoms with E-state index in [0.717, 1.165) is 5.56 Å². The summed E-state index contributed by atoms with van der Waals surface area (Å²) in [6, 6.07) is 9.59. The molecule has 0 bridgehead atoms. The van der Waals surface area contributed by atoms with Crippen LogP contribution in [-0.2, 0) is 20.9 Å². The van der Waals surface area contributed by atoms with E-state index in [1.54, 1.807) is 0 Å². The molecule has 1 aromatic carbocycles.